The van der Waals surface area contributed by atoms with E-state index in [0.717, 1.165) is 5.56 Å². The van der Waals surface area contributed by atoms with Crippen molar-refractivity contribution in [3.8, 4) is 17.0 Å². The summed E-state index contributed by atoms with van der Waals surface area (Å²) in [5, 5.41) is 6.09. The number of hydrogen-bond donors (Lipinski definition) is 3. The molecule has 4 rings (SSSR count). The number of fused-ring (bicyclic) bond motifs is 1. The molecule has 37 heavy (non-hydrogen) atoms. The summed E-state index contributed by atoms with van der Waals surface area (Å²) in [5.41, 5.74) is 8.57. The van der Waals surface area contributed by atoms with E-state index in [9.17, 15) is 13.6 Å². The number of halogens is 4. The maximum absolute atomic E-state index is 14.7. The van der Waals surface area contributed by atoms with Gasteiger partial charge in [-0.1, -0.05) is 6.92 Å². The molecule has 0 bridgehead atoms. The normalized spacial score (nSPS) is 11.3. The molecule has 0 saturated heterocycles. The lowest BCUT2D eigenvalue weighted by Gasteiger charge is -2.15. The van der Waals surface area contributed by atoms with Gasteiger partial charge >= 0.3 is 0 Å². The number of aromatic nitrogens is 3. The van der Waals surface area contributed by atoms with Crippen molar-refractivity contribution in [3.05, 3.63) is 71.7 Å². The Bertz CT molecular complexity index is 1400. The predicted octanol–water partition coefficient (Wildman–Crippen LogP) is 4.91. The minimum absolute atomic E-state index is 0. The first-order valence-electron chi connectivity index (χ1n) is 11.1. The monoisotopic (exact) mass is 552 g/mol. The van der Waals surface area contributed by atoms with Crippen LogP contribution in [0.25, 0.3) is 16.9 Å². The topological polar surface area (TPSA) is 107 Å². The number of carbonyl (C=O) groups excluding carboxylic acids is 1. The molecule has 0 aliphatic heterocycles. The van der Waals surface area contributed by atoms with E-state index in [-0.39, 0.29) is 48.1 Å². The largest absolute Gasteiger partial charge is 0.494 e. The molecule has 1 atom stereocenters. The number of hydrogen-bond acceptors (Lipinski definition) is 6. The Morgan fingerprint density at radius 3 is 2.59 bits per heavy atom. The van der Waals surface area contributed by atoms with Crippen molar-refractivity contribution in [2.24, 2.45) is 5.73 Å². The van der Waals surface area contributed by atoms with Crippen molar-refractivity contribution in [2.45, 2.75) is 26.3 Å². The number of nitrogens with two attached hydrogens (primary N) is 1. The van der Waals surface area contributed by atoms with Crippen molar-refractivity contribution in [2.75, 3.05) is 19.0 Å². The molecule has 4 aromatic rings. The van der Waals surface area contributed by atoms with Gasteiger partial charge in [-0.05, 0) is 49.2 Å². The fraction of sp³-hybridized carbons (Fsp3) is 0.240. The first-order chi connectivity index (χ1) is 16.9. The van der Waals surface area contributed by atoms with E-state index < -0.39 is 11.6 Å². The van der Waals surface area contributed by atoms with Crippen molar-refractivity contribution in [1.29, 1.82) is 0 Å². The van der Waals surface area contributed by atoms with Crippen molar-refractivity contribution >= 4 is 47.9 Å². The maximum atomic E-state index is 14.7. The highest BCUT2D eigenvalue weighted by Crippen LogP contribution is 2.31. The summed E-state index contributed by atoms with van der Waals surface area (Å²) in [7, 11) is 1.28. The summed E-state index contributed by atoms with van der Waals surface area (Å²) in [6, 6.07) is 8.06. The van der Waals surface area contributed by atoms with E-state index in [0.29, 0.717) is 41.4 Å². The Balaban J connectivity index is 0.00000241. The zero-order chi connectivity index (χ0) is 25.1. The molecule has 0 aliphatic rings. The van der Waals surface area contributed by atoms with Gasteiger partial charge in [0.25, 0.3) is 5.91 Å². The Hall–Kier alpha value is -3.47. The number of nitrogens with zero attached hydrogens (tertiary/aromatic N) is 3. The van der Waals surface area contributed by atoms with E-state index >= 15 is 0 Å². The number of anilines is 2. The lowest BCUT2D eigenvalue weighted by molar-refractivity contribution is 0.0940. The van der Waals surface area contributed by atoms with Gasteiger partial charge in [0.2, 0.25) is 5.82 Å². The van der Waals surface area contributed by atoms with Gasteiger partial charge in [0.05, 0.1) is 19.0 Å². The van der Waals surface area contributed by atoms with Crippen LogP contribution in [-0.2, 0) is 6.42 Å². The maximum Gasteiger partial charge on any atom is 0.251 e. The zero-order valence-electron chi connectivity index (χ0n) is 20.4. The Morgan fingerprint density at radius 2 is 1.92 bits per heavy atom. The van der Waals surface area contributed by atoms with Gasteiger partial charge in [-0.3, -0.25) is 9.20 Å². The van der Waals surface area contributed by atoms with Crippen LogP contribution in [0.3, 0.4) is 0 Å². The van der Waals surface area contributed by atoms with E-state index in [1.54, 1.807) is 22.7 Å². The molecular weight excluding hydrogens is 525 g/mol. The smallest absolute Gasteiger partial charge is 0.251 e. The predicted molar refractivity (Wildman–Crippen MR) is 144 cm³/mol. The molecule has 0 fully saturated rings. The molecule has 2 aromatic heterocycles. The number of ether oxygens (including phenoxy) is 1. The molecule has 198 valence electrons. The summed E-state index contributed by atoms with van der Waals surface area (Å²) in [6.45, 7) is 4.16. The molecule has 0 saturated carbocycles. The SMILES string of the molecule is CCc1cc(Nc2nccn3c(-c4ccc(OC)c(F)c4F)cnc23)ccc1C(=O)N[C@H](C)CN.Cl.Cl. The molecule has 4 N–H and O–H groups in total. The molecule has 1 amide bonds. The second kappa shape index (κ2) is 12.7. The molecule has 0 unspecified atom stereocenters. The van der Waals surface area contributed by atoms with Crippen LogP contribution in [0.4, 0.5) is 20.3 Å². The Labute approximate surface area is 225 Å². The summed E-state index contributed by atoms with van der Waals surface area (Å²) < 4.78 is 35.5. The summed E-state index contributed by atoms with van der Waals surface area (Å²) in [4.78, 5) is 21.3. The standard InChI is InChI=1S/C25H26F2N6O2.2ClH/c1-4-15-11-16(5-6-17(15)25(34)31-14(2)12-28)32-23-24-30-13-19(33(24)10-9-29-23)18-7-8-20(35-3)22(27)21(18)26;;/h5-11,13-14H,4,12,28H2,1-3H3,(H,29,32)(H,31,34);2*1H/t14-;;/m1../s1. The Morgan fingerprint density at radius 1 is 1.16 bits per heavy atom. The summed E-state index contributed by atoms with van der Waals surface area (Å²) in [5.74, 6) is -2.03. The average Bonchev–Trinajstić information content (AvgIpc) is 3.30. The lowest BCUT2D eigenvalue weighted by Crippen LogP contribution is -2.38. The quantitative estimate of drug-likeness (QED) is 0.286. The van der Waals surface area contributed by atoms with Crippen molar-refractivity contribution in [1.82, 2.24) is 19.7 Å². The van der Waals surface area contributed by atoms with Gasteiger partial charge in [-0.2, -0.15) is 4.39 Å². The number of aryl methyl sites for hydroxylation is 1. The number of carbonyl (C=O) groups is 1. The van der Waals surface area contributed by atoms with Gasteiger partial charge in [-0.25, -0.2) is 14.4 Å². The summed E-state index contributed by atoms with van der Waals surface area (Å²) in [6.07, 6.45) is 5.25. The van der Waals surface area contributed by atoms with Gasteiger partial charge in [-0.15, -0.1) is 24.8 Å². The highest BCUT2D eigenvalue weighted by molar-refractivity contribution is 5.96. The summed E-state index contributed by atoms with van der Waals surface area (Å²) >= 11 is 0. The average molecular weight is 553 g/mol. The van der Waals surface area contributed by atoms with Gasteiger partial charge < -0.3 is 21.1 Å². The van der Waals surface area contributed by atoms with Crippen LogP contribution in [-0.4, -0.2) is 40.0 Å². The highest BCUT2D eigenvalue weighted by Gasteiger charge is 2.19. The molecule has 0 aliphatic carbocycles. The fourth-order valence-electron chi connectivity index (χ4n) is 3.78. The Kier molecular flexibility index (Phi) is 10.2. The third-order valence-electron chi connectivity index (χ3n) is 5.70. The lowest BCUT2D eigenvalue weighted by atomic mass is 10.0. The second-order valence-corrected chi connectivity index (χ2v) is 8.02. The first-order valence-corrected chi connectivity index (χ1v) is 11.1. The number of methoxy groups -OCH3 is 1. The molecule has 12 heteroatoms. The van der Waals surface area contributed by atoms with Crippen LogP contribution < -0.4 is 21.1 Å². The molecule has 0 spiro atoms. The van der Waals surface area contributed by atoms with Gasteiger partial charge in [0.15, 0.2) is 23.0 Å². The number of benzene rings is 2. The number of nitrogens with one attached hydrogen (secondary N) is 2. The second-order valence-electron chi connectivity index (χ2n) is 8.02. The minimum Gasteiger partial charge on any atom is -0.494 e. The van der Waals surface area contributed by atoms with Crippen LogP contribution in [0.15, 0.2) is 48.9 Å². The number of rotatable bonds is 8. The number of imidazole rings is 1. The van der Waals surface area contributed by atoms with Crippen LogP contribution in [0.2, 0.25) is 0 Å². The van der Waals surface area contributed by atoms with E-state index in [1.165, 1.54) is 31.6 Å². The van der Waals surface area contributed by atoms with Crippen molar-refractivity contribution in [3.63, 3.8) is 0 Å². The van der Waals surface area contributed by atoms with Crippen molar-refractivity contribution < 1.29 is 18.3 Å². The van der Waals surface area contributed by atoms with Crippen LogP contribution >= 0.6 is 24.8 Å². The fourth-order valence-corrected chi connectivity index (χ4v) is 3.78. The zero-order valence-corrected chi connectivity index (χ0v) is 22.1. The van der Waals surface area contributed by atoms with Gasteiger partial charge in [0.1, 0.15) is 0 Å². The molecule has 8 nitrogen and oxygen atoms in total. The van der Waals surface area contributed by atoms with Gasteiger partial charge in [0, 0.05) is 41.8 Å². The third-order valence-corrected chi connectivity index (χ3v) is 5.70. The highest BCUT2D eigenvalue weighted by atomic mass is 35.5. The first kappa shape index (κ1) is 29.8. The molecule has 2 aromatic carbocycles. The van der Waals surface area contributed by atoms with Crippen LogP contribution in [0.5, 0.6) is 5.75 Å². The number of amides is 1. The molecular formula is C25H28Cl2F2N6O2. The van der Waals surface area contributed by atoms with Crippen LogP contribution in [0.1, 0.15) is 29.8 Å². The van der Waals surface area contributed by atoms with E-state index in [4.69, 9.17) is 10.5 Å². The van der Waals surface area contributed by atoms with E-state index in [2.05, 4.69) is 20.6 Å². The minimum atomic E-state index is -1.07. The third kappa shape index (κ3) is 5.93. The molecule has 2 heterocycles. The van der Waals surface area contributed by atoms with E-state index in [1.807, 2.05) is 19.9 Å². The molecule has 0 radical (unpaired) electrons. The van der Waals surface area contributed by atoms with Crippen LogP contribution in [0, 0.1) is 11.6 Å².